The van der Waals surface area contributed by atoms with E-state index in [9.17, 15) is 13.9 Å². The Hall–Kier alpha value is -0.710. The number of rotatable bonds is 4. The van der Waals surface area contributed by atoms with E-state index in [0.29, 0.717) is 0 Å². The Labute approximate surface area is 56.7 Å². The lowest BCUT2D eigenvalue weighted by Gasteiger charge is -2.02. The van der Waals surface area contributed by atoms with Crippen LogP contribution in [-0.2, 0) is 13.9 Å². The summed E-state index contributed by atoms with van der Waals surface area (Å²) < 4.78 is 19.6. The van der Waals surface area contributed by atoms with Gasteiger partial charge in [-0.2, -0.15) is 5.09 Å². The molecule has 0 bridgehead atoms. The number of carboxylic acids is 1. The molecular formula is C3H6NO5P. The lowest BCUT2D eigenvalue weighted by atomic mass is 10.3. The lowest BCUT2D eigenvalue weighted by Crippen LogP contribution is -2.34. The molecule has 0 aromatic rings. The van der Waals surface area contributed by atoms with Gasteiger partial charge in [-0.25, -0.2) is 9.13 Å². The monoisotopic (exact) mass is 167 g/mol. The molecule has 0 saturated heterocycles. The number of carbonyl (C=O) groups is 1. The molecule has 0 fully saturated rings. The molecule has 0 aliphatic rings. The first-order valence-corrected chi connectivity index (χ1v) is 3.50. The maximum absolute atomic E-state index is 9.98. The molecule has 6 nitrogen and oxygen atoms in total. The molecule has 1 atom stereocenters. The Morgan fingerprint density at radius 1 is 1.60 bits per heavy atom. The Bertz CT molecular complexity index is 179. The van der Waals surface area contributed by atoms with Crippen LogP contribution in [0.15, 0.2) is 0 Å². The zero-order chi connectivity index (χ0) is 8.15. The summed E-state index contributed by atoms with van der Waals surface area (Å²) in [6.07, 6.45) is 0. The predicted octanol–water partition coefficient (Wildman–Crippen LogP) is -0.891. The highest BCUT2D eigenvalue weighted by Crippen LogP contribution is 1.97. The van der Waals surface area contributed by atoms with Gasteiger partial charge in [0.15, 0.2) is 0 Å². The highest BCUT2D eigenvalue weighted by Gasteiger charge is 2.16. The molecule has 10 heavy (non-hydrogen) atoms. The van der Waals surface area contributed by atoms with Crippen LogP contribution in [0.4, 0.5) is 0 Å². The van der Waals surface area contributed by atoms with Crippen molar-refractivity contribution in [2.45, 2.75) is 6.04 Å². The van der Waals surface area contributed by atoms with Crippen molar-refractivity contribution in [3.8, 4) is 0 Å². The number of hydrogen-bond donors (Lipinski definition) is 3. The summed E-state index contributed by atoms with van der Waals surface area (Å²) in [7, 11) is -2.97. The fourth-order valence-corrected chi connectivity index (χ4v) is 0.748. The maximum Gasteiger partial charge on any atom is 0.396 e. The van der Waals surface area contributed by atoms with Crippen LogP contribution in [0.25, 0.3) is 0 Å². The van der Waals surface area contributed by atoms with Crippen LogP contribution < -0.4 is 5.09 Å². The molecule has 3 N–H and O–H groups in total. The van der Waals surface area contributed by atoms with E-state index in [1.165, 1.54) is 0 Å². The maximum atomic E-state index is 9.98. The first-order valence-electron chi connectivity index (χ1n) is 2.32. The third-order valence-corrected chi connectivity index (χ3v) is 1.26. The average Bonchev–Trinajstić information content (AvgIpc) is 1.81. The Morgan fingerprint density at radius 2 is 2.10 bits per heavy atom. The summed E-state index contributed by atoms with van der Waals surface area (Å²) in [6, 6.07) is -1.43. The molecule has 0 aliphatic carbocycles. The van der Waals surface area contributed by atoms with Gasteiger partial charge in [0.2, 0.25) is 0 Å². The largest absolute Gasteiger partial charge is 0.480 e. The molecule has 0 spiro atoms. The molecule has 0 heterocycles. The molecule has 0 rings (SSSR count). The van der Waals surface area contributed by atoms with Gasteiger partial charge in [0.25, 0.3) is 0 Å². The number of carboxylic acid groups (broad SMARTS) is 1. The second kappa shape index (κ2) is 4.16. The van der Waals surface area contributed by atoms with E-state index in [1.54, 1.807) is 5.09 Å². The van der Waals surface area contributed by atoms with Gasteiger partial charge in [0.1, 0.15) is 6.04 Å². The minimum atomic E-state index is -2.97. The van der Waals surface area contributed by atoms with Crippen LogP contribution in [-0.4, -0.2) is 28.8 Å². The van der Waals surface area contributed by atoms with Gasteiger partial charge in [0, 0.05) is 0 Å². The van der Waals surface area contributed by atoms with Crippen LogP contribution in [0.5, 0.6) is 0 Å². The molecule has 0 aromatic heterocycles. The number of nitrogens with one attached hydrogen (secondary N) is 1. The predicted molar refractivity (Wildman–Crippen MR) is 29.9 cm³/mol. The fourth-order valence-electron chi connectivity index (χ4n) is 0.301. The number of aliphatic hydroxyl groups is 1. The van der Waals surface area contributed by atoms with E-state index in [4.69, 9.17) is 10.2 Å². The minimum absolute atomic E-state index is 0.751. The van der Waals surface area contributed by atoms with Crippen molar-refractivity contribution in [2.24, 2.45) is 0 Å². The molecule has 0 amide bonds. The lowest BCUT2D eigenvalue weighted by molar-refractivity contribution is -0.139. The highest BCUT2D eigenvalue weighted by atomic mass is 31.1. The van der Waals surface area contributed by atoms with Gasteiger partial charge in [-0.05, 0) is 0 Å². The Morgan fingerprint density at radius 3 is 2.20 bits per heavy atom. The molecule has 0 aromatic carbocycles. The van der Waals surface area contributed by atoms with Crippen molar-refractivity contribution >= 4 is 13.8 Å². The zero-order valence-corrected chi connectivity index (χ0v) is 5.75. The van der Waals surface area contributed by atoms with Crippen molar-refractivity contribution in [3.63, 3.8) is 0 Å². The third kappa shape index (κ3) is 3.34. The number of aliphatic carboxylic acids is 1. The van der Waals surface area contributed by atoms with Crippen molar-refractivity contribution in [2.75, 3.05) is 6.61 Å². The van der Waals surface area contributed by atoms with Crippen LogP contribution in [0.3, 0.4) is 0 Å². The highest BCUT2D eigenvalue weighted by molar-refractivity contribution is 7.28. The van der Waals surface area contributed by atoms with E-state index in [2.05, 4.69) is 0 Å². The summed E-state index contributed by atoms with van der Waals surface area (Å²) in [4.78, 5) is 9.98. The fraction of sp³-hybridized carbons (Fsp3) is 0.667. The van der Waals surface area contributed by atoms with Crippen LogP contribution in [0, 0.1) is 0 Å². The summed E-state index contributed by atoms with van der Waals surface area (Å²) >= 11 is 0. The topological polar surface area (TPSA) is 104 Å². The average molecular weight is 167 g/mol. The van der Waals surface area contributed by atoms with Crippen molar-refractivity contribution < 1.29 is 24.1 Å². The molecule has 0 unspecified atom stereocenters. The van der Waals surface area contributed by atoms with Crippen molar-refractivity contribution in [1.82, 2.24) is 5.09 Å². The molecular weight excluding hydrogens is 161 g/mol. The second-order valence-electron chi connectivity index (χ2n) is 1.46. The zero-order valence-electron chi connectivity index (χ0n) is 4.85. The van der Waals surface area contributed by atoms with Gasteiger partial charge in [0.05, 0.1) is 6.61 Å². The van der Waals surface area contributed by atoms with Gasteiger partial charge in [-0.1, -0.05) is 0 Å². The van der Waals surface area contributed by atoms with Crippen molar-refractivity contribution in [1.29, 1.82) is 0 Å². The Balaban J connectivity index is 3.96. The molecule has 58 valence electrons. The van der Waals surface area contributed by atoms with Crippen LogP contribution >= 0.6 is 7.83 Å². The van der Waals surface area contributed by atoms with Gasteiger partial charge in [-0.3, -0.25) is 4.79 Å². The van der Waals surface area contributed by atoms with E-state index in [0.717, 1.165) is 0 Å². The summed E-state index contributed by atoms with van der Waals surface area (Å²) in [5, 5.41) is 18.0. The smallest absolute Gasteiger partial charge is 0.396 e. The first kappa shape index (κ1) is 9.29. The van der Waals surface area contributed by atoms with E-state index < -0.39 is 26.4 Å². The van der Waals surface area contributed by atoms with Gasteiger partial charge in [-0.15, -0.1) is 0 Å². The first-order chi connectivity index (χ1) is 4.57. The third-order valence-electron chi connectivity index (χ3n) is 0.742. The summed E-state index contributed by atoms with van der Waals surface area (Å²) in [6.45, 7) is -0.751. The van der Waals surface area contributed by atoms with Gasteiger partial charge < -0.3 is 10.2 Å². The molecule has 0 saturated carbocycles. The minimum Gasteiger partial charge on any atom is -0.480 e. The number of aliphatic hydroxyl groups excluding tert-OH is 1. The standard InChI is InChI=1S/C3H6NO5P/c5-1-2(3(6)7)4-10(8)9/h2,5H,1H2,(H,6,7)(H,4,8,9)/t2-/m0/s1. The van der Waals surface area contributed by atoms with E-state index in [-0.39, 0.29) is 0 Å². The van der Waals surface area contributed by atoms with Gasteiger partial charge >= 0.3 is 13.8 Å². The molecule has 0 aliphatic heterocycles. The number of hydrogen-bond acceptors (Lipinski definition) is 4. The molecule has 0 radical (unpaired) electrons. The SMILES string of the molecule is O=C(O)[C@H](CO)NP(=O)=O. The van der Waals surface area contributed by atoms with Crippen LogP contribution in [0.2, 0.25) is 0 Å². The van der Waals surface area contributed by atoms with Crippen molar-refractivity contribution in [3.05, 3.63) is 0 Å². The van der Waals surface area contributed by atoms with Crippen LogP contribution in [0.1, 0.15) is 0 Å². The summed E-state index contributed by atoms with van der Waals surface area (Å²) in [5.41, 5.74) is 0. The van der Waals surface area contributed by atoms with E-state index >= 15 is 0 Å². The Kier molecular flexibility index (Phi) is 3.87. The van der Waals surface area contributed by atoms with E-state index in [1.807, 2.05) is 0 Å². The quantitative estimate of drug-likeness (QED) is 0.469. The normalized spacial score (nSPS) is 12.5. The molecule has 7 heteroatoms. The summed E-state index contributed by atoms with van der Waals surface area (Å²) in [5.74, 6) is -1.40. The second-order valence-corrected chi connectivity index (χ2v) is 2.23.